The van der Waals surface area contributed by atoms with Gasteiger partial charge in [0.15, 0.2) is 0 Å². The number of methoxy groups -OCH3 is 1. The van der Waals surface area contributed by atoms with Crippen LogP contribution in [-0.2, 0) is 24.0 Å². The maximum Gasteiger partial charge on any atom is 0.248 e. The molecule has 4 N–H and O–H groups in total. The van der Waals surface area contributed by atoms with E-state index in [0.717, 1.165) is 22.0 Å². The highest BCUT2D eigenvalue weighted by atomic mass is 32.3. The molecule has 0 amide bonds. The molecule has 4 aromatic rings. The summed E-state index contributed by atoms with van der Waals surface area (Å²) in [5.41, 5.74) is 3.53. The number of fused-ring (bicyclic) bond motifs is 1. The van der Waals surface area contributed by atoms with E-state index in [1.54, 1.807) is 18.5 Å². The summed E-state index contributed by atoms with van der Waals surface area (Å²) in [5.74, 6) is 1.75. The minimum absolute atomic E-state index is 0.0422. The van der Waals surface area contributed by atoms with Crippen LogP contribution in [0.5, 0.6) is 5.88 Å². The van der Waals surface area contributed by atoms with Gasteiger partial charge in [-0.1, -0.05) is 0 Å². The Morgan fingerprint density at radius 2 is 1.97 bits per heavy atom. The van der Waals surface area contributed by atoms with Crippen LogP contribution >= 0.6 is 10.6 Å². The summed E-state index contributed by atoms with van der Waals surface area (Å²) in [6.07, 6.45) is 3.32. The Labute approximate surface area is 209 Å². The second-order valence-corrected chi connectivity index (χ2v) is 11.6. The lowest BCUT2D eigenvalue weighted by molar-refractivity contribution is 0.251. The Morgan fingerprint density at radius 1 is 1.17 bits per heavy atom. The van der Waals surface area contributed by atoms with Crippen LogP contribution in [0.2, 0.25) is 0 Å². The molecule has 1 saturated heterocycles. The third-order valence-corrected chi connectivity index (χ3v) is 8.02. The summed E-state index contributed by atoms with van der Waals surface area (Å²) in [6.45, 7) is 1.55. The molecular formula is C21H25N7O6S2. The van der Waals surface area contributed by atoms with Gasteiger partial charge in [-0.3, -0.25) is 19.1 Å². The fraction of sp³-hybridized carbons (Fsp3) is 0.333. The minimum Gasteiger partial charge on any atom is -0.481 e. The van der Waals surface area contributed by atoms with E-state index in [0.29, 0.717) is 59.9 Å². The van der Waals surface area contributed by atoms with Crippen molar-refractivity contribution >= 4 is 32.4 Å². The van der Waals surface area contributed by atoms with Gasteiger partial charge in [-0.05, 0) is 23.8 Å². The number of aromatic nitrogens is 5. The quantitative estimate of drug-likeness (QED) is 0.208. The molecule has 0 spiro atoms. The standard InChI is InChI=1S/C21H25N7O6S2/c1-33-20-15(10-24-35(29)30)6-14(9-22-20)13-7-16(17-11-23-25-18(17)8-13)21-27-26-19(34-21)12-28-2-4-36(31,32)5-3-28/h6-9,11,31-32,35H,2-5,10,12H2,1H3,(H,23,25)(H,24,29,30). The van der Waals surface area contributed by atoms with Gasteiger partial charge in [0.25, 0.3) is 0 Å². The fourth-order valence-corrected chi connectivity index (χ4v) is 5.66. The van der Waals surface area contributed by atoms with E-state index in [-0.39, 0.29) is 6.54 Å². The zero-order valence-electron chi connectivity index (χ0n) is 19.2. The van der Waals surface area contributed by atoms with E-state index in [1.165, 1.54) is 7.11 Å². The van der Waals surface area contributed by atoms with Gasteiger partial charge in [-0.25, -0.2) is 18.1 Å². The first-order chi connectivity index (χ1) is 17.3. The molecule has 5 rings (SSSR count). The number of ether oxygens (including phenoxy) is 1. The second-order valence-electron chi connectivity index (χ2n) is 8.33. The third-order valence-electron chi connectivity index (χ3n) is 5.93. The fourth-order valence-electron chi connectivity index (χ4n) is 4.05. The van der Waals surface area contributed by atoms with Gasteiger partial charge >= 0.3 is 0 Å². The van der Waals surface area contributed by atoms with Crippen molar-refractivity contribution in [1.29, 1.82) is 0 Å². The van der Waals surface area contributed by atoms with Crippen LogP contribution in [0.15, 0.2) is 35.0 Å². The molecule has 0 bridgehead atoms. The second kappa shape index (κ2) is 10.1. The molecule has 15 heteroatoms. The predicted octanol–water partition coefficient (Wildman–Crippen LogP) is 1.87. The SMILES string of the molecule is COc1ncc(-c2cc(-c3nnc(CN4CCS(O)(O)CC4)o3)c3cn[nH]c3c2)cc1CN[SH](=O)=O. The van der Waals surface area contributed by atoms with E-state index in [1.807, 2.05) is 17.0 Å². The monoisotopic (exact) mass is 535 g/mol. The number of hydrogen-bond acceptors (Lipinski definition) is 11. The molecule has 0 radical (unpaired) electrons. The smallest absolute Gasteiger partial charge is 0.248 e. The lowest BCUT2D eigenvalue weighted by atomic mass is 10.0. The van der Waals surface area contributed by atoms with E-state index < -0.39 is 21.5 Å². The lowest BCUT2D eigenvalue weighted by Gasteiger charge is -2.40. The number of thiol groups is 1. The number of pyridine rings is 1. The van der Waals surface area contributed by atoms with Crippen LogP contribution in [0.4, 0.5) is 0 Å². The molecule has 36 heavy (non-hydrogen) atoms. The highest BCUT2D eigenvalue weighted by Gasteiger charge is 2.24. The van der Waals surface area contributed by atoms with Crippen LogP contribution in [0.25, 0.3) is 33.5 Å². The van der Waals surface area contributed by atoms with E-state index in [2.05, 4.69) is 30.1 Å². The number of nitrogens with zero attached hydrogens (tertiary/aromatic N) is 5. The molecule has 1 fully saturated rings. The third kappa shape index (κ3) is 5.35. The van der Waals surface area contributed by atoms with E-state index in [9.17, 15) is 17.5 Å². The van der Waals surface area contributed by atoms with Crippen molar-refractivity contribution in [1.82, 2.24) is 35.0 Å². The van der Waals surface area contributed by atoms with Crippen molar-refractivity contribution in [3.05, 3.63) is 42.0 Å². The molecular weight excluding hydrogens is 510 g/mol. The van der Waals surface area contributed by atoms with Crippen LogP contribution in [0.3, 0.4) is 0 Å². The van der Waals surface area contributed by atoms with Gasteiger partial charge < -0.3 is 9.15 Å². The highest BCUT2D eigenvalue weighted by molar-refractivity contribution is 8.24. The van der Waals surface area contributed by atoms with Crippen molar-refractivity contribution in [3.63, 3.8) is 0 Å². The first-order valence-electron chi connectivity index (χ1n) is 11.0. The van der Waals surface area contributed by atoms with Gasteiger partial charge in [-0.2, -0.15) is 15.7 Å². The largest absolute Gasteiger partial charge is 0.481 e. The average Bonchev–Trinajstić information content (AvgIpc) is 3.53. The first-order valence-corrected chi connectivity index (χ1v) is 14.0. The van der Waals surface area contributed by atoms with Crippen LogP contribution in [0.1, 0.15) is 11.5 Å². The Hall–Kier alpha value is -3.08. The summed E-state index contributed by atoms with van der Waals surface area (Å²) in [4.78, 5) is 6.37. The topological polar surface area (TPSA) is 180 Å². The molecule has 0 saturated carbocycles. The van der Waals surface area contributed by atoms with Crippen molar-refractivity contribution in [2.24, 2.45) is 0 Å². The lowest BCUT2D eigenvalue weighted by Crippen LogP contribution is -2.37. The zero-order chi connectivity index (χ0) is 25.3. The normalized spacial score (nSPS) is 17.0. The molecule has 192 valence electrons. The number of nitrogens with one attached hydrogen (secondary N) is 2. The maximum atomic E-state index is 11.0. The summed E-state index contributed by atoms with van der Waals surface area (Å²) in [6, 6.07) is 5.60. The summed E-state index contributed by atoms with van der Waals surface area (Å²) < 4.78 is 55.3. The van der Waals surface area contributed by atoms with Crippen LogP contribution in [0, 0.1) is 0 Å². The molecule has 1 aliphatic heterocycles. The maximum absolute atomic E-state index is 11.0. The van der Waals surface area contributed by atoms with Gasteiger partial charge in [0.1, 0.15) is 0 Å². The van der Waals surface area contributed by atoms with E-state index >= 15 is 0 Å². The summed E-state index contributed by atoms with van der Waals surface area (Å²) in [7, 11) is -3.77. The van der Waals surface area contributed by atoms with Crippen LogP contribution in [-0.4, -0.2) is 79.5 Å². The van der Waals surface area contributed by atoms with Crippen molar-refractivity contribution < 1.29 is 26.7 Å². The molecule has 1 aliphatic rings. The summed E-state index contributed by atoms with van der Waals surface area (Å²) >= 11 is 0. The Kier molecular flexibility index (Phi) is 6.92. The van der Waals surface area contributed by atoms with Crippen molar-refractivity contribution in [3.8, 4) is 28.5 Å². The Bertz CT molecular complexity index is 1450. The molecule has 0 unspecified atom stereocenters. The number of benzene rings is 1. The number of rotatable bonds is 8. The first kappa shape index (κ1) is 24.6. The molecule has 4 heterocycles. The highest BCUT2D eigenvalue weighted by Crippen LogP contribution is 2.40. The van der Waals surface area contributed by atoms with Gasteiger partial charge in [0, 0.05) is 42.3 Å². The molecule has 1 aromatic carbocycles. The average molecular weight is 536 g/mol. The molecule has 13 nitrogen and oxygen atoms in total. The van der Waals surface area contributed by atoms with Gasteiger partial charge in [0.05, 0.1) is 42.4 Å². The molecule has 0 aliphatic carbocycles. The predicted molar refractivity (Wildman–Crippen MR) is 134 cm³/mol. The van der Waals surface area contributed by atoms with Crippen LogP contribution < -0.4 is 9.46 Å². The van der Waals surface area contributed by atoms with E-state index in [4.69, 9.17) is 9.15 Å². The minimum atomic E-state index is -2.77. The number of aromatic amines is 1. The zero-order valence-corrected chi connectivity index (χ0v) is 21.0. The van der Waals surface area contributed by atoms with Crippen molar-refractivity contribution in [2.75, 3.05) is 31.7 Å². The van der Waals surface area contributed by atoms with Gasteiger partial charge in [-0.15, -0.1) is 10.2 Å². The summed E-state index contributed by atoms with van der Waals surface area (Å²) in [5, 5.41) is 16.4. The number of hydrogen-bond donors (Lipinski definition) is 5. The Morgan fingerprint density at radius 3 is 2.72 bits per heavy atom. The molecule has 0 atom stereocenters. The Balaban J connectivity index is 1.45. The van der Waals surface area contributed by atoms with Crippen molar-refractivity contribution in [2.45, 2.75) is 13.1 Å². The number of H-pyrrole nitrogens is 1. The van der Waals surface area contributed by atoms with Gasteiger partial charge in [0.2, 0.25) is 28.6 Å². The molecule has 3 aromatic heterocycles.